The first-order chi connectivity index (χ1) is 7.47. The van der Waals surface area contributed by atoms with E-state index in [-0.39, 0.29) is 29.2 Å². The van der Waals surface area contributed by atoms with Gasteiger partial charge in [0.15, 0.2) is 11.5 Å². The summed E-state index contributed by atoms with van der Waals surface area (Å²) in [6, 6.07) is 0.825. The number of carboxylic acid groups (broad SMARTS) is 1. The molecule has 1 aromatic rings. The summed E-state index contributed by atoms with van der Waals surface area (Å²) in [5, 5.41) is 17.7. The summed E-state index contributed by atoms with van der Waals surface area (Å²) in [4.78, 5) is 10.4. The predicted molar refractivity (Wildman–Crippen MR) is 55.6 cm³/mol. The standard InChI is InChI=1S/C10H10ClFO4/c1-16-10-5(2-3-8(14)15)9(11)6(12)4-7(10)13/h4,13H,2-3H2,1H3,(H,14,15). The van der Waals surface area contributed by atoms with E-state index in [0.717, 1.165) is 6.07 Å². The molecule has 4 nitrogen and oxygen atoms in total. The van der Waals surface area contributed by atoms with E-state index in [0.29, 0.717) is 0 Å². The van der Waals surface area contributed by atoms with Crippen LogP contribution in [0, 0.1) is 5.82 Å². The highest BCUT2D eigenvalue weighted by atomic mass is 35.5. The Morgan fingerprint density at radius 3 is 2.75 bits per heavy atom. The normalized spacial score (nSPS) is 10.2. The Hall–Kier alpha value is -1.49. The van der Waals surface area contributed by atoms with Gasteiger partial charge in [0.05, 0.1) is 12.1 Å². The molecule has 16 heavy (non-hydrogen) atoms. The van der Waals surface area contributed by atoms with Gasteiger partial charge in [-0.15, -0.1) is 0 Å². The van der Waals surface area contributed by atoms with Gasteiger partial charge in [0, 0.05) is 18.1 Å². The minimum absolute atomic E-state index is 0.00708. The molecular formula is C10H10ClFO4. The molecule has 1 rings (SSSR count). The van der Waals surface area contributed by atoms with Gasteiger partial charge in [-0.1, -0.05) is 11.6 Å². The van der Waals surface area contributed by atoms with Gasteiger partial charge >= 0.3 is 5.97 Å². The number of ether oxygens (including phenoxy) is 1. The third kappa shape index (κ3) is 2.55. The fourth-order valence-electron chi connectivity index (χ4n) is 1.33. The van der Waals surface area contributed by atoms with E-state index in [1.54, 1.807) is 0 Å². The van der Waals surface area contributed by atoms with Gasteiger partial charge in [0.2, 0.25) is 0 Å². The van der Waals surface area contributed by atoms with Crippen LogP contribution in [0.25, 0.3) is 0 Å². The third-order valence-electron chi connectivity index (χ3n) is 2.04. The summed E-state index contributed by atoms with van der Waals surface area (Å²) in [6.45, 7) is 0. The van der Waals surface area contributed by atoms with Crippen LogP contribution in [0.15, 0.2) is 6.07 Å². The molecule has 0 unspecified atom stereocenters. The number of benzene rings is 1. The summed E-state index contributed by atoms with van der Waals surface area (Å²) in [5.74, 6) is -2.24. The lowest BCUT2D eigenvalue weighted by molar-refractivity contribution is -0.136. The molecule has 0 atom stereocenters. The number of hydrogen-bond donors (Lipinski definition) is 2. The van der Waals surface area contributed by atoms with E-state index >= 15 is 0 Å². The highest BCUT2D eigenvalue weighted by Gasteiger charge is 2.18. The van der Waals surface area contributed by atoms with Gasteiger partial charge in [-0.25, -0.2) is 4.39 Å². The zero-order valence-electron chi connectivity index (χ0n) is 8.46. The number of methoxy groups -OCH3 is 1. The molecule has 1 aromatic carbocycles. The van der Waals surface area contributed by atoms with E-state index in [1.807, 2.05) is 0 Å². The Bertz CT molecular complexity index is 420. The summed E-state index contributed by atoms with van der Waals surface area (Å²) < 4.78 is 18.0. The van der Waals surface area contributed by atoms with E-state index in [4.69, 9.17) is 21.4 Å². The van der Waals surface area contributed by atoms with Crippen molar-refractivity contribution in [3.63, 3.8) is 0 Å². The van der Waals surface area contributed by atoms with Gasteiger partial charge in [-0.05, 0) is 6.42 Å². The lowest BCUT2D eigenvalue weighted by atomic mass is 10.1. The molecule has 0 saturated carbocycles. The second-order valence-electron chi connectivity index (χ2n) is 3.10. The van der Waals surface area contributed by atoms with Crippen molar-refractivity contribution in [2.75, 3.05) is 7.11 Å². The molecule has 0 bridgehead atoms. The van der Waals surface area contributed by atoms with Crippen LogP contribution in [0.3, 0.4) is 0 Å². The van der Waals surface area contributed by atoms with Crippen molar-refractivity contribution in [1.82, 2.24) is 0 Å². The van der Waals surface area contributed by atoms with Gasteiger partial charge in [0.1, 0.15) is 5.82 Å². The minimum Gasteiger partial charge on any atom is -0.504 e. The second-order valence-corrected chi connectivity index (χ2v) is 3.48. The molecule has 0 aliphatic heterocycles. The molecule has 0 saturated heterocycles. The zero-order valence-corrected chi connectivity index (χ0v) is 9.21. The van der Waals surface area contributed by atoms with Crippen molar-refractivity contribution < 1.29 is 24.1 Å². The number of aromatic hydroxyl groups is 1. The van der Waals surface area contributed by atoms with Crippen molar-refractivity contribution in [2.45, 2.75) is 12.8 Å². The number of aliphatic carboxylic acids is 1. The first-order valence-corrected chi connectivity index (χ1v) is 4.80. The summed E-state index contributed by atoms with van der Waals surface area (Å²) in [5.41, 5.74) is 0.157. The topological polar surface area (TPSA) is 66.8 Å². The van der Waals surface area contributed by atoms with Gasteiger partial charge in [0.25, 0.3) is 0 Å². The van der Waals surface area contributed by atoms with Crippen LogP contribution < -0.4 is 4.74 Å². The largest absolute Gasteiger partial charge is 0.504 e. The van der Waals surface area contributed by atoms with E-state index in [2.05, 4.69) is 0 Å². The Morgan fingerprint density at radius 1 is 1.62 bits per heavy atom. The molecule has 6 heteroatoms. The number of carboxylic acids is 1. The number of rotatable bonds is 4. The smallest absolute Gasteiger partial charge is 0.303 e. The predicted octanol–water partition coefficient (Wildman–Crippen LogP) is 2.21. The Morgan fingerprint density at radius 2 is 2.25 bits per heavy atom. The quantitative estimate of drug-likeness (QED) is 0.857. The van der Waals surface area contributed by atoms with E-state index < -0.39 is 17.5 Å². The van der Waals surface area contributed by atoms with Crippen molar-refractivity contribution in [1.29, 1.82) is 0 Å². The molecular weight excluding hydrogens is 239 g/mol. The second kappa shape index (κ2) is 5.03. The highest BCUT2D eigenvalue weighted by Crippen LogP contribution is 2.37. The van der Waals surface area contributed by atoms with E-state index in [9.17, 15) is 14.3 Å². The molecule has 0 amide bonds. The fourth-order valence-corrected chi connectivity index (χ4v) is 1.57. The van der Waals surface area contributed by atoms with Crippen LogP contribution in [0.5, 0.6) is 11.5 Å². The highest BCUT2D eigenvalue weighted by molar-refractivity contribution is 6.31. The maximum absolute atomic E-state index is 13.2. The van der Waals surface area contributed by atoms with Crippen LogP contribution in [0.2, 0.25) is 5.02 Å². The average molecular weight is 249 g/mol. The molecule has 0 heterocycles. The maximum Gasteiger partial charge on any atom is 0.303 e. The Balaban J connectivity index is 3.17. The molecule has 0 aromatic heterocycles. The number of halogens is 2. The number of hydrogen-bond acceptors (Lipinski definition) is 3. The van der Waals surface area contributed by atoms with Crippen molar-refractivity contribution in [3.8, 4) is 11.5 Å². The molecule has 0 spiro atoms. The summed E-state index contributed by atoms with van der Waals surface area (Å²) in [6.07, 6.45) is -0.234. The SMILES string of the molecule is COc1c(O)cc(F)c(Cl)c1CCC(=O)O. The van der Waals surface area contributed by atoms with Crippen LogP contribution in [0.4, 0.5) is 4.39 Å². The third-order valence-corrected chi connectivity index (χ3v) is 2.45. The van der Waals surface area contributed by atoms with Crippen LogP contribution in [-0.4, -0.2) is 23.3 Å². The number of carbonyl (C=O) groups is 1. The Labute approximate surface area is 96.2 Å². The number of phenols is 1. The van der Waals surface area contributed by atoms with Gasteiger partial charge in [-0.2, -0.15) is 0 Å². The fraction of sp³-hybridized carbons (Fsp3) is 0.300. The van der Waals surface area contributed by atoms with Crippen LogP contribution >= 0.6 is 11.6 Å². The van der Waals surface area contributed by atoms with Gasteiger partial charge < -0.3 is 14.9 Å². The average Bonchev–Trinajstić information content (AvgIpc) is 2.20. The summed E-state index contributed by atoms with van der Waals surface area (Å²) in [7, 11) is 1.29. The molecule has 0 aliphatic rings. The molecule has 88 valence electrons. The molecule has 0 aliphatic carbocycles. The lowest BCUT2D eigenvalue weighted by Crippen LogP contribution is -2.01. The van der Waals surface area contributed by atoms with Crippen molar-refractivity contribution in [3.05, 3.63) is 22.5 Å². The first-order valence-electron chi connectivity index (χ1n) is 4.43. The maximum atomic E-state index is 13.2. The molecule has 0 fully saturated rings. The molecule has 0 radical (unpaired) electrons. The van der Waals surface area contributed by atoms with Crippen molar-refractivity contribution in [2.24, 2.45) is 0 Å². The lowest BCUT2D eigenvalue weighted by Gasteiger charge is -2.11. The van der Waals surface area contributed by atoms with E-state index in [1.165, 1.54) is 7.11 Å². The number of phenolic OH excluding ortho intramolecular Hbond substituents is 1. The Kier molecular flexibility index (Phi) is 3.95. The minimum atomic E-state index is -1.04. The van der Waals surface area contributed by atoms with Crippen LogP contribution in [-0.2, 0) is 11.2 Å². The van der Waals surface area contributed by atoms with Crippen molar-refractivity contribution >= 4 is 17.6 Å². The van der Waals surface area contributed by atoms with Crippen LogP contribution in [0.1, 0.15) is 12.0 Å². The first kappa shape index (κ1) is 12.6. The monoisotopic (exact) mass is 248 g/mol. The van der Waals surface area contributed by atoms with Gasteiger partial charge in [-0.3, -0.25) is 4.79 Å². The summed E-state index contributed by atoms with van der Waals surface area (Å²) >= 11 is 5.67. The zero-order chi connectivity index (χ0) is 12.3. The molecule has 2 N–H and O–H groups in total.